The summed E-state index contributed by atoms with van der Waals surface area (Å²) in [6.45, 7) is 4.46. The number of rotatable bonds is 7. The van der Waals surface area contributed by atoms with Gasteiger partial charge in [0.2, 0.25) is 5.13 Å². The number of nitrogens with zero attached hydrogens (tertiary/aromatic N) is 3. The zero-order valence-electron chi connectivity index (χ0n) is 15.4. The molecule has 2 aromatic rings. The van der Waals surface area contributed by atoms with Crippen molar-refractivity contribution in [2.24, 2.45) is 4.99 Å². The Hall–Kier alpha value is -2.65. The van der Waals surface area contributed by atoms with Crippen molar-refractivity contribution in [1.29, 1.82) is 0 Å². The molecule has 2 heterocycles. The first-order valence-electron chi connectivity index (χ1n) is 8.63. The van der Waals surface area contributed by atoms with Crippen LogP contribution in [-0.2, 0) is 9.59 Å². The van der Waals surface area contributed by atoms with Gasteiger partial charge in [0.1, 0.15) is 5.75 Å². The van der Waals surface area contributed by atoms with E-state index in [2.05, 4.69) is 9.98 Å². The lowest BCUT2D eigenvalue weighted by Crippen LogP contribution is -2.28. The number of thiazole rings is 1. The Bertz CT molecular complexity index is 935. The maximum absolute atomic E-state index is 12.7. The molecule has 0 unspecified atom stereocenters. The Kier molecular flexibility index (Phi) is 6.48. The average molecular weight is 418 g/mol. The molecule has 7 nitrogen and oxygen atoms in total. The van der Waals surface area contributed by atoms with Crippen molar-refractivity contribution in [1.82, 2.24) is 9.88 Å². The van der Waals surface area contributed by atoms with Crippen molar-refractivity contribution in [3.8, 4) is 5.75 Å². The number of likely N-dealkylation sites (N-methyl/N-ethyl adjacent to an activating group) is 1. The molecule has 0 aliphatic carbocycles. The van der Waals surface area contributed by atoms with E-state index in [0.717, 1.165) is 11.3 Å². The standard InChI is InChI=1S/C19H19N3O4S2/c1-3-22-17(25)15(28-19(22)21-18-20-12(2)11-27-18)10-13-4-6-14(7-5-13)26-9-8-16(23)24/h4-7,10-11H,3,8-9H2,1-2H3,(H,23,24)/b15-10+,21-19+. The summed E-state index contributed by atoms with van der Waals surface area (Å²) < 4.78 is 5.38. The van der Waals surface area contributed by atoms with E-state index in [-0.39, 0.29) is 18.9 Å². The van der Waals surface area contributed by atoms with Crippen molar-refractivity contribution in [3.63, 3.8) is 0 Å². The molecule has 1 aromatic carbocycles. The highest BCUT2D eigenvalue weighted by atomic mass is 32.2. The van der Waals surface area contributed by atoms with Crippen LogP contribution in [0.4, 0.5) is 5.13 Å². The van der Waals surface area contributed by atoms with Crippen LogP contribution < -0.4 is 4.74 Å². The van der Waals surface area contributed by atoms with Gasteiger partial charge in [-0.3, -0.25) is 14.5 Å². The van der Waals surface area contributed by atoms with Gasteiger partial charge < -0.3 is 9.84 Å². The second kappa shape index (κ2) is 9.03. The Labute approximate surface area is 170 Å². The molecule has 3 rings (SSSR count). The van der Waals surface area contributed by atoms with Crippen LogP contribution in [0.3, 0.4) is 0 Å². The normalized spacial score (nSPS) is 16.9. The summed E-state index contributed by atoms with van der Waals surface area (Å²) in [6, 6.07) is 7.16. The second-order valence-electron chi connectivity index (χ2n) is 5.89. The van der Waals surface area contributed by atoms with Crippen molar-refractivity contribution in [2.45, 2.75) is 20.3 Å². The average Bonchev–Trinajstić information content (AvgIpc) is 3.19. The number of benzene rings is 1. The largest absolute Gasteiger partial charge is 0.493 e. The van der Waals surface area contributed by atoms with Crippen LogP contribution in [0, 0.1) is 6.92 Å². The van der Waals surface area contributed by atoms with E-state index in [9.17, 15) is 9.59 Å². The van der Waals surface area contributed by atoms with E-state index in [1.165, 1.54) is 23.1 Å². The topological polar surface area (TPSA) is 92.1 Å². The molecule has 1 N–H and O–H groups in total. The smallest absolute Gasteiger partial charge is 0.306 e. The van der Waals surface area contributed by atoms with Gasteiger partial charge in [-0.1, -0.05) is 12.1 Å². The Morgan fingerprint density at radius 3 is 2.71 bits per heavy atom. The number of aliphatic carboxylic acids is 1. The molecule has 1 fully saturated rings. The van der Waals surface area contributed by atoms with Gasteiger partial charge in [0.15, 0.2) is 5.17 Å². The zero-order valence-corrected chi connectivity index (χ0v) is 17.0. The second-order valence-corrected chi connectivity index (χ2v) is 7.73. The van der Waals surface area contributed by atoms with Crippen molar-refractivity contribution in [2.75, 3.05) is 13.2 Å². The molecule has 0 radical (unpaired) electrons. The minimum absolute atomic E-state index is 0.0511. The Balaban J connectivity index is 1.73. The number of amidine groups is 1. The monoisotopic (exact) mass is 417 g/mol. The number of hydrogen-bond acceptors (Lipinski definition) is 7. The van der Waals surface area contributed by atoms with Crippen LogP contribution in [0.5, 0.6) is 5.75 Å². The Morgan fingerprint density at radius 2 is 2.11 bits per heavy atom. The van der Waals surface area contributed by atoms with Gasteiger partial charge in [0.25, 0.3) is 5.91 Å². The number of carbonyl (C=O) groups excluding carboxylic acids is 1. The predicted molar refractivity (Wildman–Crippen MR) is 111 cm³/mol. The summed E-state index contributed by atoms with van der Waals surface area (Å²) in [7, 11) is 0. The molecular formula is C19H19N3O4S2. The van der Waals surface area contributed by atoms with Gasteiger partial charge in [-0.25, -0.2) is 4.98 Å². The highest BCUT2D eigenvalue weighted by Gasteiger charge is 2.32. The molecule has 1 saturated heterocycles. The van der Waals surface area contributed by atoms with Gasteiger partial charge in [-0.2, -0.15) is 4.99 Å². The molecule has 0 spiro atoms. The fourth-order valence-electron chi connectivity index (χ4n) is 2.41. The van der Waals surface area contributed by atoms with E-state index < -0.39 is 5.97 Å². The number of carboxylic acid groups (broad SMARTS) is 1. The van der Waals surface area contributed by atoms with E-state index in [4.69, 9.17) is 9.84 Å². The SMILES string of the molecule is CCN1C(=O)/C(=C\c2ccc(OCCC(=O)O)cc2)S/C1=N/c1nc(C)cs1. The molecular weight excluding hydrogens is 398 g/mol. The fourth-order valence-corrected chi connectivity index (χ4v) is 4.18. The summed E-state index contributed by atoms with van der Waals surface area (Å²) in [5.74, 6) is -0.393. The lowest BCUT2D eigenvalue weighted by atomic mass is 10.2. The highest BCUT2D eigenvalue weighted by molar-refractivity contribution is 8.18. The van der Waals surface area contributed by atoms with Crippen LogP contribution in [0.25, 0.3) is 6.08 Å². The summed E-state index contributed by atoms with van der Waals surface area (Å²) in [6.07, 6.45) is 1.76. The maximum atomic E-state index is 12.7. The quantitative estimate of drug-likeness (QED) is 0.686. The first-order valence-corrected chi connectivity index (χ1v) is 10.3. The van der Waals surface area contributed by atoms with Crippen LogP contribution in [0.2, 0.25) is 0 Å². The number of ether oxygens (including phenoxy) is 1. The predicted octanol–water partition coefficient (Wildman–Crippen LogP) is 3.93. The van der Waals surface area contributed by atoms with Crippen molar-refractivity contribution in [3.05, 3.63) is 45.8 Å². The molecule has 1 aromatic heterocycles. The van der Waals surface area contributed by atoms with E-state index in [1.54, 1.807) is 17.0 Å². The third-order valence-corrected chi connectivity index (χ3v) is 5.62. The zero-order chi connectivity index (χ0) is 20.1. The molecule has 146 valence electrons. The molecule has 9 heteroatoms. The molecule has 1 amide bonds. The summed E-state index contributed by atoms with van der Waals surface area (Å²) >= 11 is 2.77. The molecule has 0 saturated carbocycles. The van der Waals surface area contributed by atoms with Gasteiger partial charge in [0, 0.05) is 11.9 Å². The first-order chi connectivity index (χ1) is 13.5. The number of hydrogen-bond donors (Lipinski definition) is 1. The maximum Gasteiger partial charge on any atom is 0.306 e. The minimum atomic E-state index is -0.899. The van der Waals surface area contributed by atoms with Gasteiger partial charge >= 0.3 is 5.97 Å². The first kappa shape index (κ1) is 20.1. The van der Waals surface area contributed by atoms with Gasteiger partial charge in [-0.15, -0.1) is 11.3 Å². The van der Waals surface area contributed by atoms with Crippen LogP contribution in [0.15, 0.2) is 39.5 Å². The molecule has 0 bridgehead atoms. The van der Waals surface area contributed by atoms with Crippen LogP contribution >= 0.6 is 23.1 Å². The third kappa shape index (κ3) is 4.99. The van der Waals surface area contributed by atoms with Crippen molar-refractivity contribution >= 4 is 51.4 Å². The number of aryl methyl sites for hydroxylation is 1. The molecule has 0 atom stereocenters. The number of thioether (sulfide) groups is 1. The molecule has 1 aliphatic heterocycles. The van der Waals surface area contributed by atoms with E-state index in [0.29, 0.717) is 27.5 Å². The van der Waals surface area contributed by atoms with Crippen LogP contribution in [0.1, 0.15) is 24.6 Å². The lowest BCUT2D eigenvalue weighted by Gasteiger charge is -2.11. The lowest BCUT2D eigenvalue weighted by molar-refractivity contribution is -0.137. The third-order valence-electron chi connectivity index (χ3n) is 3.77. The van der Waals surface area contributed by atoms with Gasteiger partial charge in [0.05, 0.1) is 23.6 Å². The number of carboxylic acids is 1. The number of carbonyl (C=O) groups is 2. The highest BCUT2D eigenvalue weighted by Crippen LogP contribution is 2.34. The number of aromatic nitrogens is 1. The summed E-state index contributed by atoms with van der Waals surface area (Å²) in [5.41, 5.74) is 1.76. The molecule has 1 aliphatic rings. The van der Waals surface area contributed by atoms with Gasteiger partial charge in [-0.05, 0) is 49.4 Å². The summed E-state index contributed by atoms with van der Waals surface area (Å²) in [5, 5.41) is 11.8. The summed E-state index contributed by atoms with van der Waals surface area (Å²) in [4.78, 5) is 34.3. The van der Waals surface area contributed by atoms with E-state index in [1.807, 2.05) is 37.4 Å². The number of amides is 1. The number of aliphatic imine (C=N–C) groups is 1. The minimum Gasteiger partial charge on any atom is -0.493 e. The van der Waals surface area contributed by atoms with Crippen LogP contribution in [-0.4, -0.2) is 45.2 Å². The Morgan fingerprint density at radius 1 is 1.36 bits per heavy atom. The fraction of sp³-hybridized carbons (Fsp3) is 0.263. The van der Waals surface area contributed by atoms with Crippen molar-refractivity contribution < 1.29 is 19.4 Å². The molecule has 28 heavy (non-hydrogen) atoms. The van der Waals surface area contributed by atoms with E-state index >= 15 is 0 Å².